The number of carbonyl (C=O) groups excluding carboxylic acids is 1. The lowest BCUT2D eigenvalue weighted by atomic mass is 10.0. The van der Waals surface area contributed by atoms with Crippen LogP contribution < -0.4 is 5.32 Å². The van der Waals surface area contributed by atoms with Gasteiger partial charge < -0.3 is 5.32 Å². The Balaban J connectivity index is 4.59. The maximum absolute atomic E-state index is 12.5. The zero-order valence-corrected chi connectivity index (χ0v) is 9.16. The molecular formula is C9H14F5NO. The highest BCUT2D eigenvalue weighted by atomic mass is 19.4. The van der Waals surface area contributed by atoms with Gasteiger partial charge in [0.05, 0.1) is 0 Å². The molecule has 2 nitrogen and oxygen atoms in total. The number of alkyl halides is 5. The van der Waals surface area contributed by atoms with Crippen LogP contribution in [0, 0.1) is 5.92 Å². The molecule has 0 heterocycles. The SMILES string of the molecule is CCC(C)C(C)NC(=O)C(F)(F)C(F)(F)F. The molecule has 0 aromatic carbocycles. The van der Waals surface area contributed by atoms with Crippen LogP contribution in [-0.2, 0) is 4.79 Å². The van der Waals surface area contributed by atoms with Gasteiger partial charge in [-0.3, -0.25) is 4.79 Å². The van der Waals surface area contributed by atoms with Crippen LogP contribution in [0.5, 0.6) is 0 Å². The average molecular weight is 247 g/mol. The molecule has 16 heavy (non-hydrogen) atoms. The number of rotatable bonds is 4. The third-order valence-electron chi connectivity index (χ3n) is 2.50. The van der Waals surface area contributed by atoms with E-state index in [9.17, 15) is 26.7 Å². The molecule has 2 unspecified atom stereocenters. The Labute approximate surface area is 90.2 Å². The molecule has 0 fully saturated rings. The van der Waals surface area contributed by atoms with Gasteiger partial charge in [-0.15, -0.1) is 0 Å². The molecule has 1 N–H and O–H groups in total. The van der Waals surface area contributed by atoms with E-state index in [2.05, 4.69) is 0 Å². The summed E-state index contributed by atoms with van der Waals surface area (Å²) in [6.07, 6.45) is -5.29. The lowest BCUT2D eigenvalue weighted by molar-refractivity contribution is -0.270. The van der Waals surface area contributed by atoms with Crippen molar-refractivity contribution in [3.05, 3.63) is 0 Å². The molecule has 0 aliphatic carbocycles. The fourth-order valence-corrected chi connectivity index (χ4v) is 0.922. The Morgan fingerprint density at radius 3 is 1.94 bits per heavy atom. The fraction of sp³-hybridized carbons (Fsp3) is 0.889. The summed E-state index contributed by atoms with van der Waals surface area (Å²) in [6, 6.07) is -0.731. The topological polar surface area (TPSA) is 29.1 Å². The molecule has 0 aromatic heterocycles. The molecule has 7 heteroatoms. The Bertz CT molecular complexity index is 251. The maximum Gasteiger partial charge on any atom is 0.463 e. The largest absolute Gasteiger partial charge is 0.463 e. The lowest BCUT2D eigenvalue weighted by Crippen LogP contribution is -2.53. The van der Waals surface area contributed by atoms with Crippen LogP contribution >= 0.6 is 0 Å². The van der Waals surface area contributed by atoms with Crippen molar-refractivity contribution in [2.45, 2.75) is 45.3 Å². The number of nitrogens with one attached hydrogen (secondary N) is 1. The van der Waals surface area contributed by atoms with Crippen LogP contribution in [0.4, 0.5) is 22.0 Å². The van der Waals surface area contributed by atoms with Crippen molar-refractivity contribution in [3.8, 4) is 0 Å². The van der Waals surface area contributed by atoms with Crippen LogP contribution in [0.3, 0.4) is 0 Å². The second-order valence-electron chi connectivity index (χ2n) is 3.72. The third-order valence-corrected chi connectivity index (χ3v) is 2.50. The second kappa shape index (κ2) is 4.97. The van der Waals surface area contributed by atoms with Gasteiger partial charge in [0.2, 0.25) is 0 Å². The van der Waals surface area contributed by atoms with Gasteiger partial charge in [-0.1, -0.05) is 20.3 Å². The van der Waals surface area contributed by atoms with E-state index in [4.69, 9.17) is 0 Å². The Kier molecular flexibility index (Phi) is 4.69. The van der Waals surface area contributed by atoms with Crippen molar-refractivity contribution in [2.75, 3.05) is 0 Å². The van der Waals surface area contributed by atoms with Crippen LogP contribution in [-0.4, -0.2) is 24.0 Å². The standard InChI is InChI=1S/C9H14F5NO/c1-4-5(2)6(3)15-7(16)8(10,11)9(12,13)14/h5-6H,4H2,1-3H3,(H,15,16). The minimum Gasteiger partial charge on any atom is -0.348 e. The maximum atomic E-state index is 12.5. The number of halogens is 5. The molecule has 0 rings (SSSR count). The summed E-state index contributed by atoms with van der Waals surface area (Å²) in [6.45, 7) is 4.78. The van der Waals surface area contributed by atoms with E-state index in [1.54, 1.807) is 19.2 Å². The molecule has 2 atom stereocenters. The monoisotopic (exact) mass is 247 g/mol. The summed E-state index contributed by atoms with van der Waals surface area (Å²) in [4.78, 5) is 10.8. The van der Waals surface area contributed by atoms with E-state index in [1.165, 1.54) is 6.92 Å². The summed E-state index contributed by atoms with van der Waals surface area (Å²) in [5, 5.41) is 1.67. The van der Waals surface area contributed by atoms with E-state index in [1.807, 2.05) is 0 Å². The first-order chi connectivity index (χ1) is 7.04. The van der Waals surface area contributed by atoms with E-state index >= 15 is 0 Å². The molecule has 0 aliphatic rings. The third kappa shape index (κ3) is 3.31. The van der Waals surface area contributed by atoms with Crippen molar-refractivity contribution in [3.63, 3.8) is 0 Å². The van der Waals surface area contributed by atoms with Gasteiger partial charge in [0.15, 0.2) is 0 Å². The summed E-state index contributed by atoms with van der Waals surface area (Å²) in [7, 11) is 0. The quantitative estimate of drug-likeness (QED) is 0.760. The van der Waals surface area contributed by atoms with E-state index in [0.29, 0.717) is 6.42 Å². The molecule has 96 valence electrons. The fourth-order valence-electron chi connectivity index (χ4n) is 0.922. The van der Waals surface area contributed by atoms with Crippen LogP contribution in [0.2, 0.25) is 0 Å². The minimum absolute atomic E-state index is 0.173. The second-order valence-corrected chi connectivity index (χ2v) is 3.72. The Morgan fingerprint density at radius 2 is 1.62 bits per heavy atom. The van der Waals surface area contributed by atoms with Crippen LogP contribution in [0.15, 0.2) is 0 Å². The van der Waals surface area contributed by atoms with Crippen molar-refractivity contribution in [2.24, 2.45) is 5.92 Å². The summed E-state index contributed by atoms with van der Waals surface area (Å²) >= 11 is 0. The van der Waals surface area contributed by atoms with E-state index in [0.717, 1.165) is 0 Å². The summed E-state index contributed by atoms with van der Waals surface area (Å²) in [5.41, 5.74) is 0. The molecule has 0 spiro atoms. The Morgan fingerprint density at radius 1 is 1.19 bits per heavy atom. The van der Waals surface area contributed by atoms with Gasteiger partial charge in [0.25, 0.3) is 0 Å². The first-order valence-electron chi connectivity index (χ1n) is 4.79. The van der Waals surface area contributed by atoms with Gasteiger partial charge >= 0.3 is 18.0 Å². The predicted octanol–water partition coefficient (Wildman–Crippen LogP) is 2.73. The van der Waals surface area contributed by atoms with Crippen molar-refractivity contribution in [1.82, 2.24) is 5.32 Å². The molecular weight excluding hydrogens is 233 g/mol. The number of hydrogen-bond acceptors (Lipinski definition) is 1. The lowest BCUT2D eigenvalue weighted by Gasteiger charge is -2.24. The average Bonchev–Trinajstić information content (AvgIpc) is 2.14. The highest BCUT2D eigenvalue weighted by Crippen LogP contribution is 2.35. The molecule has 0 saturated carbocycles. The Hall–Kier alpha value is -0.880. The molecule has 1 amide bonds. The first kappa shape index (κ1) is 15.1. The predicted molar refractivity (Wildman–Crippen MR) is 48.1 cm³/mol. The molecule has 0 bridgehead atoms. The van der Waals surface area contributed by atoms with Gasteiger partial charge in [-0.05, 0) is 12.8 Å². The van der Waals surface area contributed by atoms with E-state index in [-0.39, 0.29) is 5.92 Å². The zero-order chi connectivity index (χ0) is 13.1. The molecule has 0 aromatic rings. The normalized spacial score (nSPS) is 16.8. The first-order valence-corrected chi connectivity index (χ1v) is 4.79. The van der Waals surface area contributed by atoms with Gasteiger partial charge in [-0.25, -0.2) is 0 Å². The minimum atomic E-state index is -5.85. The summed E-state index contributed by atoms with van der Waals surface area (Å²) < 4.78 is 60.4. The number of hydrogen-bond donors (Lipinski definition) is 1. The van der Waals surface area contributed by atoms with Gasteiger partial charge in [-0.2, -0.15) is 22.0 Å². The van der Waals surface area contributed by atoms with Gasteiger partial charge in [0, 0.05) is 6.04 Å². The molecule has 0 radical (unpaired) electrons. The van der Waals surface area contributed by atoms with E-state index < -0.39 is 24.0 Å². The van der Waals surface area contributed by atoms with Crippen molar-refractivity contribution < 1.29 is 26.7 Å². The van der Waals surface area contributed by atoms with Crippen molar-refractivity contribution >= 4 is 5.91 Å². The molecule has 0 aliphatic heterocycles. The van der Waals surface area contributed by atoms with Crippen LogP contribution in [0.25, 0.3) is 0 Å². The highest BCUT2D eigenvalue weighted by Gasteiger charge is 2.63. The van der Waals surface area contributed by atoms with Crippen molar-refractivity contribution in [1.29, 1.82) is 0 Å². The number of carbonyl (C=O) groups is 1. The molecule has 0 saturated heterocycles. The highest BCUT2D eigenvalue weighted by molar-refractivity contribution is 5.84. The summed E-state index contributed by atoms with van der Waals surface area (Å²) in [5.74, 6) is -7.81. The van der Waals surface area contributed by atoms with Crippen LogP contribution in [0.1, 0.15) is 27.2 Å². The smallest absolute Gasteiger partial charge is 0.348 e. The zero-order valence-electron chi connectivity index (χ0n) is 9.16. The van der Waals surface area contributed by atoms with Gasteiger partial charge in [0.1, 0.15) is 0 Å². The number of amides is 1.